The van der Waals surface area contributed by atoms with Crippen LogP contribution in [0.2, 0.25) is 10.0 Å². The molecule has 0 amide bonds. The highest BCUT2D eigenvalue weighted by molar-refractivity contribution is 7.92. The maximum Gasteiger partial charge on any atom is 0.264 e. The van der Waals surface area contributed by atoms with Crippen molar-refractivity contribution in [2.24, 2.45) is 0 Å². The summed E-state index contributed by atoms with van der Waals surface area (Å²) in [4.78, 5) is 0.173. The van der Waals surface area contributed by atoms with E-state index in [1.54, 1.807) is 48.5 Å². The first-order valence-electron chi connectivity index (χ1n) is 11.8. The van der Waals surface area contributed by atoms with Crippen LogP contribution in [0.5, 0.6) is 0 Å². The van der Waals surface area contributed by atoms with Crippen molar-refractivity contribution in [2.75, 3.05) is 10.8 Å². The van der Waals surface area contributed by atoms with Crippen molar-refractivity contribution < 1.29 is 13.5 Å². The molecule has 0 saturated carbocycles. The van der Waals surface area contributed by atoms with Gasteiger partial charge in [0, 0.05) is 31.9 Å². The molecule has 8 heteroatoms. The van der Waals surface area contributed by atoms with Gasteiger partial charge in [0.25, 0.3) is 10.0 Å². The van der Waals surface area contributed by atoms with E-state index in [1.165, 1.54) is 4.31 Å². The van der Waals surface area contributed by atoms with Crippen LogP contribution >= 0.6 is 23.2 Å². The Bertz CT molecular complexity index is 1640. The maximum atomic E-state index is 13.7. The number of nitrogens with zero attached hydrogens (tertiary/aromatic N) is 2. The number of hydrogen-bond acceptors (Lipinski definition) is 3. The van der Waals surface area contributed by atoms with Crippen LogP contribution in [0.1, 0.15) is 11.1 Å². The summed E-state index contributed by atoms with van der Waals surface area (Å²) in [6.07, 6.45) is -1.01. The van der Waals surface area contributed by atoms with Crippen LogP contribution in [-0.4, -0.2) is 30.7 Å². The lowest BCUT2D eigenvalue weighted by Crippen LogP contribution is -2.39. The molecule has 1 N–H and O–H groups in total. The molecule has 0 aliphatic rings. The molecule has 1 atom stereocenters. The van der Waals surface area contributed by atoms with Crippen LogP contribution < -0.4 is 4.31 Å². The van der Waals surface area contributed by atoms with E-state index in [0.717, 1.165) is 32.9 Å². The van der Waals surface area contributed by atoms with Gasteiger partial charge in [0.1, 0.15) is 0 Å². The number of benzene rings is 4. The third-order valence-corrected chi connectivity index (χ3v) is 8.77. The molecular weight excluding hydrogens is 527 g/mol. The van der Waals surface area contributed by atoms with Crippen molar-refractivity contribution in [2.45, 2.75) is 31.4 Å². The molecule has 0 unspecified atom stereocenters. The van der Waals surface area contributed by atoms with Gasteiger partial charge in [0.15, 0.2) is 0 Å². The largest absolute Gasteiger partial charge is 0.389 e. The Morgan fingerprint density at radius 1 is 0.784 bits per heavy atom. The molecular formula is C29H26Cl2N2O3S. The Kier molecular flexibility index (Phi) is 6.94. The van der Waals surface area contributed by atoms with Crippen molar-refractivity contribution >= 4 is 60.7 Å². The zero-order valence-corrected chi connectivity index (χ0v) is 22.7. The fraction of sp³-hybridized carbons (Fsp3) is 0.172. The van der Waals surface area contributed by atoms with Crippen LogP contribution in [0.3, 0.4) is 0 Å². The van der Waals surface area contributed by atoms with E-state index in [-0.39, 0.29) is 18.0 Å². The minimum Gasteiger partial charge on any atom is -0.389 e. The fourth-order valence-corrected chi connectivity index (χ4v) is 6.44. The van der Waals surface area contributed by atoms with E-state index in [4.69, 9.17) is 23.2 Å². The van der Waals surface area contributed by atoms with E-state index in [2.05, 4.69) is 0 Å². The van der Waals surface area contributed by atoms with Crippen molar-refractivity contribution in [3.63, 3.8) is 0 Å². The lowest BCUT2D eigenvalue weighted by Gasteiger charge is -2.27. The van der Waals surface area contributed by atoms with Gasteiger partial charge in [-0.15, -0.1) is 0 Å². The summed E-state index contributed by atoms with van der Waals surface area (Å²) >= 11 is 12.5. The second-order valence-electron chi connectivity index (χ2n) is 9.27. The Balaban J connectivity index is 1.54. The molecule has 0 aliphatic carbocycles. The lowest BCUT2D eigenvalue weighted by molar-refractivity contribution is 0.166. The normalized spacial score (nSPS) is 12.8. The van der Waals surface area contributed by atoms with E-state index in [0.29, 0.717) is 15.7 Å². The highest BCUT2D eigenvalue weighted by Crippen LogP contribution is 2.33. The van der Waals surface area contributed by atoms with Crippen LogP contribution in [0.25, 0.3) is 21.8 Å². The number of anilines is 1. The molecule has 5 rings (SSSR count). The average molecular weight is 554 g/mol. The average Bonchev–Trinajstić information content (AvgIpc) is 3.15. The zero-order valence-electron chi connectivity index (χ0n) is 20.4. The van der Waals surface area contributed by atoms with Crippen LogP contribution in [0, 0.1) is 13.8 Å². The van der Waals surface area contributed by atoms with Gasteiger partial charge >= 0.3 is 0 Å². The summed E-state index contributed by atoms with van der Waals surface area (Å²) < 4.78 is 30.8. The number of halogens is 2. The molecule has 190 valence electrons. The number of rotatable bonds is 7. The molecule has 0 bridgehead atoms. The molecule has 0 fully saturated rings. The van der Waals surface area contributed by atoms with Gasteiger partial charge in [0.2, 0.25) is 0 Å². The molecule has 5 nitrogen and oxygen atoms in total. The Labute approximate surface area is 226 Å². The first-order chi connectivity index (χ1) is 17.6. The van der Waals surface area contributed by atoms with Crippen LogP contribution in [-0.2, 0) is 16.6 Å². The number of sulfonamides is 1. The highest BCUT2D eigenvalue weighted by Gasteiger charge is 2.28. The van der Waals surface area contributed by atoms with Crippen molar-refractivity contribution in [1.29, 1.82) is 0 Å². The van der Waals surface area contributed by atoms with Gasteiger partial charge in [-0.05, 0) is 74.5 Å². The molecule has 5 aromatic rings. The SMILES string of the molecule is Cc1ccc(N(C[C@@H](O)Cn2c3ccc(Cl)cc3c3cc(Cl)ccc32)S(=O)(=O)c2ccc(C)cc2)cc1. The van der Waals surface area contributed by atoms with Gasteiger partial charge in [-0.25, -0.2) is 8.42 Å². The van der Waals surface area contributed by atoms with Crippen LogP contribution in [0.4, 0.5) is 5.69 Å². The van der Waals surface area contributed by atoms with Gasteiger partial charge in [-0.2, -0.15) is 0 Å². The number of aryl methyl sites for hydroxylation is 2. The third kappa shape index (κ3) is 5.07. The molecule has 1 aromatic heterocycles. The van der Waals surface area contributed by atoms with E-state index < -0.39 is 16.1 Å². The standard InChI is InChI=1S/C29H26Cl2N2O3S/c1-19-3-9-23(10-4-19)33(37(35,36)25-11-5-20(2)6-12-25)18-24(34)17-32-28-13-7-21(30)15-26(28)27-16-22(31)8-14-29(27)32/h3-16,24,34H,17-18H2,1-2H3/t24-/m0/s1. The van der Waals surface area contributed by atoms with E-state index in [9.17, 15) is 13.5 Å². The number of fused-ring (bicyclic) bond motifs is 3. The number of hydrogen-bond donors (Lipinski definition) is 1. The minimum absolute atomic E-state index is 0.123. The Morgan fingerprint density at radius 3 is 1.78 bits per heavy atom. The topological polar surface area (TPSA) is 62.5 Å². The molecule has 0 spiro atoms. The quantitative estimate of drug-likeness (QED) is 0.237. The Hall–Kier alpha value is -3.03. The predicted molar refractivity (Wildman–Crippen MR) is 152 cm³/mol. The highest BCUT2D eigenvalue weighted by atomic mass is 35.5. The summed E-state index contributed by atoms with van der Waals surface area (Å²) in [5.74, 6) is 0. The number of aromatic nitrogens is 1. The predicted octanol–water partition coefficient (Wildman–Crippen LogP) is 6.97. The zero-order chi connectivity index (χ0) is 26.3. The number of aliphatic hydroxyl groups is 1. The van der Waals surface area contributed by atoms with Gasteiger partial charge in [-0.1, -0.05) is 58.6 Å². The Morgan fingerprint density at radius 2 is 1.27 bits per heavy atom. The van der Waals surface area contributed by atoms with Crippen molar-refractivity contribution in [3.8, 4) is 0 Å². The lowest BCUT2D eigenvalue weighted by atomic mass is 10.1. The first-order valence-corrected chi connectivity index (χ1v) is 14.0. The molecule has 0 saturated heterocycles. The fourth-order valence-electron chi connectivity index (χ4n) is 4.60. The first kappa shape index (κ1) is 25.6. The van der Waals surface area contributed by atoms with Gasteiger partial charge < -0.3 is 9.67 Å². The molecule has 37 heavy (non-hydrogen) atoms. The summed E-state index contributed by atoms with van der Waals surface area (Å²) in [6, 6.07) is 25.1. The smallest absolute Gasteiger partial charge is 0.264 e. The van der Waals surface area contributed by atoms with Gasteiger partial charge in [-0.3, -0.25) is 4.31 Å². The number of aliphatic hydroxyl groups excluding tert-OH is 1. The summed E-state index contributed by atoms with van der Waals surface area (Å²) in [6.45, 7) is 3.90. The maximum absolute atomic E-state index is 13.7. The van der Waals surface area contributed by atoms with Crippen LogP contribution in [0.15, 0.2) is 89.8 Å². The third-order valence-electron chi connectivity index (χ3n) is 6.49. The summed E-state index contributed by atoms with van der Waals surface area (Å²) in [5, 5.41) is 14.3. The van der Waals surface area contributed by atoms with Gasteiger partial charge in [0.05, 0.1) is 29.8 Å². The molecule has 0 aliphatic heterocycles. The minimum atomic E-state index is -3.92. The molecule has 0 radical (unpaired) electrons. The van der Waals surface area contributed by atoms with Crippen molar-refractivity contribution in [3.05, 3.63) is 106 Å². The van der Waals surface area contributed by atoms with E-state index >= 15 is 0 Å². The second kappa shape index (κ2) is 10.0. The summed E-state index contributed by atoms with van der Waals surface area (Å²) in [5.41, 5.74) is 4.23. The summed E-state index contributed by atoms with van der Waals surface area (Å²) in [7, 11) is -3.92. The van der Waals surface area contributed by atoms with E-state index in [1.807, 2.05) is 54.8 Å². The molecule has 1 heterocycles. The monoisotopic (exact) mass is 552 g/mol. The van der Waals surface area contributed by atoms with Crippen molar-refractivity contribution in [1.82, 2.24) is 4.57 Å². The molecule has 4 aromatic carbocycles. The second-order valence-corrected chi connectivity index (χ2v) is 12.0.